The number of esters is 1. The van der Waals surface area contributed by atoms with Crippen LogP contribution >= 0.6 is 0 Å². The summed E-state index contributed by atoms with van der Waals surface area (Å²) in [5.74, 6) is -0.0429. The van der Waals surface area contributed by atoms with Gasteiger partial charge >= 0.3 is 5.97 Å². The lowest BCUT2D eigenvalue weighted by Crippen LogP contribution is -2.29. The molecule has 1 unspecified atom stereocenters. The molecule has 0 spiro atoms. The molecule has 0 saturated carbocycles. The first-order chi connectivity index (χ1) is 11.7. The molecule has 6 nitrogen and oxygen atoms in total. The third-order valence-electron chi connectivity index (χ3n) is 3.91. The minimum Gasteiger partial charge on any atom is -0.493 e. The lowest BCUT2D eigenvalue weighted by atomic mass is 10.0. The van der Waals surface area contributed by atoms with Crippen molar-refractivity contribution < 1.29 is 19.1 Å². The van der Waals surface area contributed by atoms with Crippen LogP contribution in [-0.2, 0) is 4.74 Å². The van der Waals surface area contributed by atoms with E-state index in [0.29, 0.717) is 12.2 Å². The molecular weight excluding hydrogens is 308 g/mol. The lowest BCUT2D eigenvalue weighted by Gasteiger charge is -2.18. The molecule has 0 radical (unpaired) electrons. The van der Waals surface area contributed by atoms with Crippen LogP contribution in [0.2, 0.25) is 0 Å². The Kier molecular flexibility index (Phi) is 4.74. The molecule has 1 aliphatic heterocycles. The zero-order valence-corrected chi connectivity index (χ0v) is 13.3. The van der Waals surface area contributed by atoms with Gasteiger partial charge in [0.25, 0.3) is 5.91 Å². The van der Waals surface area contributed by atoms with E-state index in [2.05, 4.69) is 15.0 Å². The quantitative estimate of drug-likeness (QED) is 0.877. The van der Waals surface area contributed by atoms with Crippen molar-refractivity contribution in [2.75, 3.05) is 13.7 Å². The van der Waals surface area contributed by atoms with Crippen LogP contribution in [0, 0.1) is 0 Å². The number of aromatic nitrogens is 1. The molecule has 1 aliphatic rings. The van der Waals surface area contributed by atoms with Crippen LogP contribution in [0.25, 0.3) is 0 Å². The maximum Gasteiger partial charge on any atom is 0.337 e. The average molecular weight is 326 g/mol. The monoisotopic (exact) mass is 326 g/mol. The molecule has 0 bridgehead atoms. The van der Waals surface area contributed by atoms with Crippen molar-refractivity contribution in [3.8, 4) is 5.75 Å². The topological polar surface area (TPSA) is 77.5 Å². The molecule has 0 aliphatic carbocycles. The number of benzene rings is 1. The van der Waals surface area contributed by atoms with Crippen molar-refractivity contribution in [1.82, 2.24) is 10.3 Å². The molecule has 1 aromatic heterocycles. The van der Waals surface area contributed by atoms with E-state index in [9.17, 15) is 9.59 Å². The standard InChI is InChI=1S/C18H18N2O4/c1-23-18(22)12-8-9-19-15(11-12)17(21)20-14-6-4-10-24-16-7-3-2-5-13(14)16/h2-3,5,7-9,11,14H,4,6,10H2,1H3,(H,20,21). The Morgan fingerprint density at radius 1 is 1.29 bits per heavy atom. The number of nitrogens with zero attached hydrogens (tertiary/aromatic N) is 1. The van der Waals surface area contributed by atoms with Crippen molar-refractivity contribution in [3.05, 3.63) is 59.4 Å². The highest BCUT2D eigenvalue weighted by molar-refractivity contribution is 5.96. The molecule has 1 atom stereocenters. The Morgan fingerprint density at radius 3 is 2.96 bits per heavy atom. The summed E-state index contributed by atoms with van der Waals surface area (Å²) in [5, 5.41) is 2.98. The number of ether oxygens (including phenoxy) is 2. The van der Waals surface area contributed by atoms with Gasteiger partial charge in [-0.05, 0) is 31.0 Å². The van der Waals surface area contributed by atoms with E-state index in [4.69, 9.17) is 4.74 Å². The van der Waals surface area contributed by atoms with Crippen molar-refractivity contribution >= 4 is 11.9 Å². The van der Waals surface area contributed by atoms with E-state index in [1.165, 1.54) is 25.4 Å². The van der Waals surface area contributed by atoms with Gasteiger partial charge in [-0.15, -0.1) is 0 Å². The first-order valence-corrected chi connectivity index (χ1v) is 7.76. The Hall–Kier alpha value is -2.89. The maximum atomic E-state index is 12.5. The smallest absolute Gasteiger partial charge is 0.337 e. The summed E-state index contributed by atoms with van der Waals surface area (Å²) in [7, 11) is 1.30. The van der Waals surface area contributed by atoms with Gasteiger partial charge in [0.2, 0.25) is 0 Å². The van der Waals surface area contributed by atoms with E-state index in [1.807, 2.05) is 24.3 Å². The van der Waals surface area contributed by atoms with Crippen molar-refractivity contribution in [2.45, 2.75) is 18.9 Å². The molecule has 0 fully saturated rings. The van der Waals surface area contributed by atoms with E-state index in [0.717, 1.165) is 24.2 Å². The van der Waals surface area contributed by atoms with Crippen molar-refractivity contribution in [2.24, 2.45) is 0 Å². The Morgan fingerprint density at radius 2 is 2.12 bits per heavy atom. The van der Waals surface area contributed by atoms with Gasteiger partial charge in [0.15, 0.2) is 0 Å². The molecule has 2 aromatic rings. The van der Waals surface area contributed by atoms with Gasteiger partial charge in [-0.2, -0.15) is 0 Å². The number of nitrogens with one attached hydrogen (secondary N) is 1. The molecule has 0 saturated heterocycles. The van der Waals surface area contributed by atoms with Crippen LogP contribution in [-0.4, -0.2) is 30.6 Å². The number of fused-ring (bicyclic) bond motifs is 1. The van der Waals surface area contributed by atoms with Crippen LogP contribution in [0.3, 0.4) is 0 Å². The van der Waals surface area contributed by atoms with E-state index < -0.39 is 5.97 Å². The van der Waals surface area contributed by atoms with E-state index >= 15 is 0 Å². The van der Waals surface area contributed by atoms with Crippen LogP contribution in [0.15, 0.2) is 42.6 Å². The molecule has 1 aromatic carbocycles. The fourth-order valence-electron chi connectivity index (χ4n) is 2.71. The fourth-order valence-corrected chi connectivity index (χ4v) is 2.71. The number of hydrogen-bond donors (Lipinski definition) is 1. The van der Waals surface area contributed by atoms with Crippen molar-refractivity contribution in [3.63, 3.8) is 0 Å². The molecule has 1 N–H and O–H groups in total. The summed E-state index contributed by atoms with van der Waals surface area (Å²) < 4.78 is 10.4. The normalized spacial score (nSPS) is 16.3. The average Bonchev–Trinajstić information content (AvgIpc) is 2.83. The maximum absolute atomic E-state index is 12.5. The highest BCUT2D eigenvalue weighted by Crippen LogP contribution is 2.31. The third kappa shape index (κ3) is 3.37. The molecule has 2 heterocycles. The van der Waals surface area contributed by atoms with E-state index in [-0.39, 0.29) is 17.6 Å². The van der Waals surface area contributed by atoms with E-state index in [1.54, 1.807) is 0 Å². The second-order valence-electron chi connectivity index (χ2n) is 5.48. The first kappa shape index (κ1) is 16.0. The van der Waals surface area contributed by atoms with Gasteiger partial charge in [0.1, 0.15) is 11.4 Å². The number of hydrogen-bond acceptors (Lipinski definition) is 5. The van der Waals surface area contributed by atoms with Crippen LogP contribution < -0.4 is 10.1 Å². The Labute approximate surface area is 139 Å². The molecule has 6 heteroatoms. The number of carbonyl (C=O) groups excluding carboxylic acids is 2. The van der Waals surface area contributed by atoms with Gasteiger partial charge in [0, 0.05) is 11.8 Å². The summed E-state index contributed by atoms with van der Waals surface area (Å²) in [5.41, 5.74) is 1.43. The summed E-state index contributed by atoms with van der Waals surface area (Å²) in [6.07, 6.45) is 3.04. The SMILES string of the molecule is COC(=O)c1ccnc(C(=O)NC2CCCOc3ccccc32)c1. The first-order valence-electron chi connectivity index (χ1n) is 7.76. The number of rotatable bonds is 3. The minimum absolute atomic E-state index is 0.153. The third-order valence-corrected chi connectivity index (χ3v) is 3.91. The fraction of sp³-hybridized carbons (Fsp3) is 0.278. The highest BCUT2D eigenvalue weighted by atomic mass is 16.5. The van der Waals surface area contributed by atoms with Gasteiger partial charge < -0.3 is 14.8 Å². The number of methoxy groups -OCH3 is 1. The summed E-state index contributed by atoms with van der Waals surface area (Å²) in [6.45, 7) is 0.624. The number of para-hydroxylation sites is 1. The lowest BCUT2D eigenvalue weighted by molar-refractivity contribution is 0.0600. The zero-order valence-electron chi connectivity index (χ0n) is 13.3. The molecule has 3 rings (SSSR count). The van der Waals surface area contributed by atoms with Gasteiger partial charge in [0.05, 0.1) is 25.3 Å². The predicted molar refractivity (Wildman–Crippen MR) is 87.0 cm³/mol. The highest BCUT2D eigenvalue weighted by Gasteiger charge is 2.22. The predicted octanol–water partition coefficient (Wildman–Crippen LogP) is 2.51. The summed E-state index contributed by atoms with van der Waals surface area (Å²) in [4.78, 5) is 28.2. The van der Waals surface area contributed by atoms with Crippen LogP contribution in [0.1, 0.15) is 45.3 Å². The van der Waals surface area contributed by atoms with Gasteiger partial charge in [-0.3, -0.25) is 9.78 Å². The molecule has 1 amide bonds. The number of carbonyl (C=O) groups is 2. The molecular formula is C18H18N2O4. The zero-order chi connectivity index (χ0) is 16.9. The second kappa shape index (κ2) is 7.12. The summed E-state index contributed by atoms with van der Waals surface area (Å²) >= 11 is 0. The number of amides is 1. The van der Waals surface area contributed by atoms with Gasteiger partial charge in [-0.25, -0.2) is 4.79 Å². The van der Waals surface area contributed by atoms with Crippen LogP contribution in [0.4, 0.5) is 0 Å². The largest absolute Gasteiger partial charge is 0.493 e. The van der Waals surface area contributed by atoms with Crippen molar-refractivity contribution in [1.29, 1.82) is 0 Å². The molecule has 24 heavy (non-hydrogen) atoms. The van der Waals surface area contributed by atoms with Gasteiger partial charge in [-0.1, -0.05) is 18.2 Å². The summed E-state index contributed by atoms with van der Waals surface area (Å²) in [6, 6.07) is 10.5. The minimum atomic E-state index is -0.500. The second-order valence-corrected chi connectivity index (χ2v) is 5.48. The molecule has 124 valence electrons. The van der Waals surface area contributed by atoms with Crippen LogP contribution in [0.5, 0.6) is 5.75 Å². The Bertz CT molecular complexity index is 760. The number of pyridine rings is 1. The Balaban J connectivity index is 1.81.